The zero-order valence-electron chi connectivity index (χ0n) is 10.9. The van der Waals surface area contributed by atoms with Crippen molar-refractivity contribution in [2.24, 2.45) is 0 Å². The normalized spacial score (nSPS) is 12.9. The molecule has 0 aliphatic carbocycles. The summed E-state index contributed by atoms with van der Waals surface area (Å²) in [6, 6.07) is -1.09. The number of alkyl halides is 1. The van der Waals surface area contributed by atoms with Gasteiger partial charge in [-0.05, 0) is 27.2 Å². The van der Waals surface area contributed by atoms with Crippen molar-refractivity contribution in [1.82, 2.24) is 5.32 Å². The third-order valence-electron chi connectivity index (χ3n) is 1.70. The molecule has 6 nitrogen and oxygen atoms in total. The maximum absolute atomic E-state index is 11.4. The molecule has 106 valence electrons. The summed E-state index contributed by atoms with van der Waals surface area (Å²) in [4.78, 5) is 22.3. The van der Waals surface area contributed by atoms with Crippen molar-refractivity contribution in [3.63, 3.8) is 0 Å². The van der Waals surface area contributed by atoms with Crippen molar-refractivity contribution in [1.29, 1.82) is 0 Å². The summed E-state index contributed by atoms with van der Waals surface area (Å²) in [6.07, 6.45) is 0.0895. The minimum absolute atomic E-state index is 0.0643. The summed E-state index contributed by atoms with van der Waals surface area (Å²) >= 11 is 2.21. The fraction of sp³-hybridized carbons (Fsp3) is 0.818. The van der Waals surface area contributed by atoms with Crippen molar-refractivity contribution in [3.8, 4) is 0 Å². The number of ether oxygens (including phenoxy) is 2. The minimum Gasteiger partial charge on any atom is -0.480 e. The second-order valence-electron chi connectivity index (χ2n) is 4.65. The highest BCUT2D eigenvalue weighted by atomic mass is 127. The molecule has 0 bridgehead atoms. The number of rotatable bonds is 7. The number of nitrogens with one attached hydrogen (secondary N) is 1. The van der Waals surface area contributed by atoms with E-state index in [0.29, 0.717) is 6.61 Å². The van der Waals surface area contributed by atoms with Crippen LogP contribution in [-0.4, -0.2) is 46.5 Å². The first kappa shape index (κ1) is 17.4. The summed E-state index contributed by atoms with van der Waals surface area (Å²) in [5, 5.41) is 11.2. The number of hydrogen-bond acceptors (Lipinski definition) is 4. The van der Waals surface area contributed by atoms with Crippen LogP contribution in [0.5, 0.6) is 0 Å². The van der Waals surface area contributed by atoms with E-state index < -0.39 is 23.7 Å². The molecule has 0 aliphatic rings. The molecular formula is C11H20INO5. The third-order valence-corrected chi connectivity index (χ3v) is 2.46. The lowest BCUT2D eigenvalue weighted by molar-refractivity contribution is -0.141. The van der Waals surface area contributed by atoms with E-state index in [4.69, 9.17) is 14.6 Å². The molecule has 0 aromatic rings. The van der Waals surface area contributed by atoms with Crippen LogP contribution in [0.25, 0.3) is 0 Å². The number of halogens is 1. The van der Waals surface area contributed by atoms with Gasteiger partial charge in [0.1, 0.15) is 5.60 Å². The van der Waals surface area contributed by atoms with E-state index >= 15 is 0 Å². The lowest BCUT2D eigenvalue weighted by atomic mass is 10.2. The molecule has 0 heterocycles. The first-order valence-electron chi connectivity index (χ1n) is 5.62. The van der Waals surface area contributed by atoms with Crippen LogP contribution in [0.4, 0.5) is 4.79 Å². The lowest BCUT2D eigenvalue weighted by Crippen LogP contribution is -2.46. The topological polar surface area (TPSA) is 84.9 Å². The molecule has 0 saturated carbocycles. The molecule has 2 N–H and O–H groups in total. The number of carboxylic acids is 1. The molecule has 7 heteroatoms. The van der Waals surface area contributed by atoms with Crippen molar-refractivity contribution < 1.29 is 24.2 Å². The molecule has 0 fully saturated rings. The molecule has 0 radical (unpaired) electrons. The van der Waals surface area contributed by atoms with Crippen LogP contribution in [0, 0.1) is 0 Å². The molecule has 0 aromatic carbocycles. The van der Waals surface area contributed by atoms with Gasteiger partial charge in [-0.3, -0.25) is 0 Å². The number of amides is 1. The Morgan fingerprint density at radius 3 is 2.44 bits per heavy atom. The van der Waals surface area contributed by atoms with Crippen LogP contribution in [0.15, 0.2) is 0 Å². The smallest absolute Gasteiger partial charge is 0.408 e. The number of carbonyl (C=O) groups excluding carboxylic acids is 1. The highest BCUT2D eigenvalue weighted by Crippen LogP contribution is 2.06. The third kappa shape index (κ3) is 9.46. The van der Waals surface area contributed by atoms with Crippen LogP contribution in [0.2, 0.25) is 0 Å². The van der Waals surface area contributed by atoms with Gasteiger partial charge in [0.15, 0.2) is 6.04 Å². The van der Waals surface area contributed by atoms with Gasteiger partial charge in [-0.2, -0.15) is 0 Å². The van der Waals surface area contributed by atoms with E-state index in [9.17, 15) is 9.59 Å². The summed E-state index contributed by atoms with van der Waals surface area (Å²) < 4.78 is 11.1. The van der Waals surface area contributed by atoms with Crippen LogP contribution in [0.3, 0.4) is 0 Å². The number of aliphatic carboxylic acids is 1. The average Bonchev–Trinajstić information content (AvgIpc) is 2.19. The van der Waals surface area contributed by atoms with Crippen LogP contribution in [0.1, 0.15) is 27.2 Å². The van der Waals surface area contributed by atoms with Gasteiger partial charge in [-0.15, -0.1) is 0 Å². The summed E-state index contributed by atoms with van der Waals surface area (Å²) in [7, 11) is 0. The van der Waals surface area contributed by atoms with E-state index in [-0.39, 0.29) is 6.61 Å². The van der Waals surface area contributed by atoms with Crippen LogP contribution < -0.4 is 5.32 Å². The number of hydrogen-bond donors (Lipinski definition) is 2. The van der Waals surface area contributed by atoms with Crippen molar-refractivity contribution in [2.45, 2.75) is 38.8 Å². The largest absolute Gasteiger partial charge is 0.480 e. The lowest BCUT2D eigenvalue weighted by Gasteiger charge is -2.21. The Hall–Kier alpha value is -0.570. The fourth-order valence-corrected chi connectivity index (χ4v) is 1.29. The number of carboxylic acid groups (broad SMARTS) is 1. The molecule has 0 rings (SSSR count). The molecule has 0 unspecified atom stereocenters. The zero-order valence-corrected chi connectivity index (χ0v) is 13.0. The summed E-state index contributed by atoms with van der Waals surface area (Å²) in [5.74, 6) is -1.14. The first-order chi connectivity index (χ1) is 8.26. The van der Waals surface area contributed by atoms with Gasteiger partial charge in [0.2, 0.25) is 0 Å². The van der Waals surface area contributed by atoms with Crippen molar-refractivity contribution in [3.05, 3.63) is 0 Å². The monoisotopic (exact) mass is 373 g/mol. The average molecular weight is 373 g/mol. The van der Waals surface area contributed by atoms with Gasteiger partial charge in [-0.25, -0.2) is 9.59 Å². The van der Waals surface area contributed by atoms with Gasteiger partial charge in [0.25, 0.3) is 0 Å². The molecule has 1 atom stereocenters. The fourth-order valence-electron chi connectivity index (χ4n) is 0.982. The molecule has 0 spiro atoms. The van der Waals surface area contributed by atoms with E-state index in [2.05, 4.69) is 27.9 Å². The molecule has 1 amide bonds. The molecule has 0 aliphatic heterocycles. The Kier molecular flexibility index (Phi) is 8.25. The van der Waals surface area contributed by atoms with E-state index in [1.165, 1.54) is 0 Å². The standard InChI is InChI=1S/C11H20INO5/c1-11(2,3)18-10(16)13-8(9(14)15)7-17-6-4-5-12/h8H,4-7H2,1-3H3,(H,13,16)(H,14,15)/t8-/m0/s1. The zero-order chi connectivity index (χ0) is 14.2. The number of carbonyl (C=O) groups is 2. The maximum atomic E-state index is 11.4. The predicted octanol–water partition coefficient (Wildman–Crippen LogP) is 1.81. The molecule has 0 saturated heterocycles. The van der Waals surface area contributed by atoms with Gasteiger partial charge in [0, 0.05) is 11.0 Å². The summed E-state index contributed by atoms with van der Waals surface area (Å²) in [6.45, 7) is 5.53. The Bertz CT molecular complexity index is 277. The molecule has 18 heavy (non-hydrogen) atoms. The Morgan fingerprint density at radius 2 is 2.00 bits per heavy atom. The van der Waals surface area contributed by atoms with Crippen LogP contribution in [-0.2, 0) is 14.3 Å². The highest BCUT2D eigenvalue weighted by Gasteiger charge is 2.23. The van der Waals surface area contributed by atoms with E-state index in [1.807, 2.05) is 0 Å². The quantitative estimate of drug-likeness (QED) is 0.404. The second-order valence-corrected chi connectivity index (χ2v) is 5.73. The van der Waals surface area contributed by atoms with E-state index in [0.717, 1.165) is 10.8 Å². The minimum atomic E-state index is -1.14. The number of alkyl carbamates (subject to hydrolysis) is 1. The Labute approximate surface area is 121 Å². The van der Waals surface area contributed by atoms with Crippen LogP contribution >= 0.6 is 22.6 Å². The first-order valence-corrected chi connectivity index (χ1v) is 7.15. The highest BCUT2D eigenvalue weighted by molar-refractivity contribution is 14.1. The second kappa shape index (κ2) is 8.52. The van der Waals surface area contributed by atoms with Crippen molar-refractivity contribution in [2.75, 3.05) is 17.6 Å². The summed E-state index contributed by atoms with van der Waals surface area (Å²) in [5.41, 5.74) is -0.658. The predicted molar refractivity (Wildman–Crippen MR) is 75.1 cm³/mol. The van der Waals surface area contributed by atoms with Gasteiger partial charge in [-0.1, -0.05) is 22.6 Å². The van der Waals surface area contributed by atoms with Gasteiger partial charge >= 0.3 is 12.1 Å². The molecular weight excluding hydrogens is 353 g/mol. The SMILES string of the molecule is CC(C)(C)OC(=O)N[C@@H](COCCCI)C(=O)O. The van der Waals surface area contributed by atoms with Gasteiger partial charge < -0.3 is 19.9 Å². The molecule has 0 aromatic heterocycles. The Balaban J connectivity index is 4.11. The van der Waals surface area contributed by atoms with E-state index in [1.54, 1.807) is 20.8 Å². The Morgan fingerprint density at radius 1 is 1.39 bits per heavy atom. The maximum Gasteiger partial charge on any atom is 0.408 e. The van der Waals surface area contributed by atoms with Gasteiger partial charge in [0.05, 0.1) is 6.61 Å². The van der Waals surface area contributed by atoms with Crippen molar-refractivity contribution >= 4 is 34.7 Å².